The summed E-state index contributed by atoms with van der Waals surface area (Å²) in [5.41, 5.74) is 10.1. The maximum Gasteiger partial charge on any atom is 0.00557 e. The van der Waals surface area contributed by atoms with Gasteiger partial charge in [-0.25, -0.2) is 0 Å². The minimum Gasteiger partial charge on any atom is -0.0998 e. The number of rotatable bonds is 8. The van der Waals surface area contributed by atoms with E-state index in [0.717, 1.165) is 18.3 Å². The van der Waals surface area contributed by atoms with Crippen LogP contribution in [-0.4, -0.2) is 0 Å². The van der Waals surface area contributed by atoms with E-state index in [4.69, 9.17) is 0 Å². The molecule has 4 atom stereocenters. The highest BCUT2D eigenvalue weighted by Gasteiger charge is 2.30. The van der Waals surface area contributed by atoms with Crippen molar-refractivity contribution < 1.29 is 0 Å². The fraction of sp³-hybridized carbons (Fsp3) is 0.500. The molecule has 2 aliphatic rings. The Kier molecular flexibility index (Phi) is 7.39. The Morgan fingerprint density at radius 2 is 1.81 bits per heavy atom. The lowest BCUT2D eigenvalue weighted by atomic mass is 9.74. The number of hydrogen-bond acceptors (Lipinski definition) is 0. The molecule has 2 aromatic rings. The van der Waals surface area contributed by atoms with Crippen LogP contribution in [0.15, 0.2) is 54.6 Å². The Bertz CT molecular complexity index is 958. The summed E-state index contributed by atoms with van der Waals surface area (Å²) < 4.78 is 0. The first-order chi connectivity index (χ1) is 15.5. The minimum atomic E-state index is 0.579. The third kappa shape index (κ3) is 4.80. The second kappa shape index (κ2) is 10.2. The lowest BCUT2D eigenvalue weighted by molar-refractivity contribution is 0.330. The van der Waals surface area contributed by atoms with Gasteiger partial charge in [0.25, 0.3) is 0 Å². The van der Waals surface area contributed by atoms with E-state index in [2.05, 4.69) is 82.8 Å². The third-order valence-corrected chi connectivity index (χ3v) is 8.07. The van der Waals surface area contributed by atoms with Crippen molar-refractivity contribution in [3.05, 3.63) is 76.9 Å². The van der Waals surface area contributed by atoms with E-state index in [1.165, 1.54) is 72.8 Å². The van der Waals surface area contributed by atoms with Gasteiger partial charge < -0.3 is 0 Å². The van der Waals surface area contributed by atoms with E-state index >= 15 is 0 Å². The average Bonchev–Trinajstić information content (AvgIpc) is 3.21. The van der Waals surface area contributed by atoms with E-state index < -0.39 is 0 Å². The molecule has 4 unspecified atom stereocenters. The van der Waals surface area contributed by atoms with Crippen LogP contribution in [0.4, 0.5) is 0 Å². The van der Waals surface area contributed by atoms with Gasteiger partial charge in [0.1, 0.15) is 0 Å². The Morgan fingerprint density at radius 1 is 1.06 bits per heavy atom. The molecule has 2 aromatic carbocycles. The fourth-order valence-electron chi connectivity index (χ4n) is 6.30. The van der Waals surface area contributed by atoms with Gasteiger partial charge in [0, 0.05) is 5.92 Å². The molecule has 0 amide bonds. The summed E-state index contributed by atoms with van der Waals surface area (Å²) in [7, 11) is 0. The van der Waals surface area contributed by atoms with Crippen LogP contribution in [0.1, 0.15) is 107 Å². The molecule has 0 aliphatic heterocycles. The smallest absolute Gasteiger partial charge is 0.00557 e. The molecule has 0 N–H and O–H groups in total. The van der Waals surface area contributed by atoms with E-state index in [0.29, 0.717) is 11.8 Å². The molecular weight excluding hydrogens is 384 g/mol. The molecule has 0 bridgehead atoms. The van der Waals surface area contributed by atoms with E-state index in [9.17, 15) is 0 Å². The number of benzene rings is 2. The van der Waals surface area contributed by atoms with Crippen LogP contribution < -0.4 is 0 Å². The van der Waals surface area contributed by atoms with Crippen molar-refractivity contribution in [1.29, 1.82) is 0 Å². The average molecular weight is 427 g/mol. The quantitative estimate of drug-likeness (QED) is 0.368. The fourth-order valence-corrected chi connectivity index (χ4v) is 6.30. The van der Waals surface area contributed by atoms with Crippen LogP contribution >= 0.6 is 0 Å². The summed E-state index contributed by atoms with van der Waals surface area (Å²) in [6.45, 7) is 13.4. The van der Waals surface area contributed by atoms with Crippen LogP contribution in [0.5, 0.6) is 0 Å². The Morgan fingerprint density at radius 3 is 2.47 bits per heavy atom. The molecule has 1 fully saturated rings. The largest absolute Gasteiger partial charge is 0.0998 e. The first-order valence-corrected chi connectivity index (χ1v) is 13.1. The molecule has 170 valence electrons. The Balaban J connectivity index is 1.78. The molecule has 0 radical (unpaired) electrons. The van der Waals surface area contributed by atoms with Gasteiger partial charge in [-0.15, -0.1) is 0 Å². The minimum absolute atomic E-state index is 0.579. The van der Waals surface area contributed by atoms with Crippen LogP contribution in [0, 0.1) is 11.8 Å². The molecule has 0 heterocycles. The van der Waals surface area contributed by atoms with Gasteiger partial charge in [-0.05, 0) is 77.3 Å². The highest BCUT2D eigenvalue weighted by Crippen LogP contribution is 2.46. The molecule has 4 rings (SSSR count). The third-order valence-electron chi connectivity index (χ3n) is 8.07. The van der Waals surface area contributed by atoms with Crippen molar-refractivity contribution in [3.63, 3.8) is 0 Å². The van der Waals surface area contributed by atoms with Crippen molar-refractivity contribution in [3.8, 4) is 11.1 Å². The van der Waals surface area contributed by atoms with Crippen molar-refractivity contribution in [1.82, 2.24) is 0 Å². The van der Waals surface area contributed by atoms with Crippen LogP contribution in [0.2, 0.25) is 0 Å². The first-order valence-electron chi connectivity index (χ1n) is 13.1. The molecular formula is C32H42. The van der Waals surface area contributed by atoms with Gasteiger partial charge in [0.2, 0.25) is 0 Å². The van der Waals surface area contributed by atoms with Crippen LogP contribution in [-0.2, 0) is 6.42 Å². The Hall–Kier alpha value is -2.08. The second-order valence-corrected chi connectivity index (χ2v) is 10.6. The normalized spacial score (nSPS) is 23.2. The zero-order chi connectivity index (χ0) is 22.7. The summed E-state index contributed by atoms with van der Waals surface area (Å²) >= 11 is 0. The van der Waals surface area contributed by atoms with Gasteiger partial charge in [-0.2, -0.15) is 0 Å². The molecule has 32 heavy (non-hydrogen) atoms. The van der Waals surface area contributed by atoms with Crippen LogP contribution in [0.3, 0.4) is 0 Å². The van der Waals surface area contributed by atoms with Gasteiger partial charge in [-0.1, -0.05) is 114 Å². The molecule has 0 heteroatoms. The molecule has 1 saturated carbocycles. The van der Waals surface area contributed by atoms with Crippen molar-refractivity contribution >= 4 is 6.08 Å². The molecule has 0 saturated heterocycles. The topological polar surface area (TPSA) is 0 Å². The predicted octanol–water partition coefficient (Wildman–Crippen LogP) is 9.70. The summed E-state index contributed by atoms with van der Waals surface area (Å²) in [6.07, 6.45) is 15.3. The Labute approximate surface area is 196 Å². The van der Waals surface area contributed by atoms with Crippen molar-refractivity contribution in [2.45, 2.75) is 90.9 Å². The maximum atomic E-state index is 4.09. The lowest BCUT2D eigenvalue weighted by Gasteiger charge is -2.31. The molecule has 0 spiro atoms. The highest BCUT2D eigenvalue weighted by molar-refractivity contribution is 5.81. The van der Waals surface area contributed by atoms with E-state index in [-0.39, 0.29) is 0 Å². The van der Waals surface area contributed by atoms with Crippen LogP contribution in [0.25, 0.3) is 17.2 Å². The molecule has 0 aromatic heterocycles. The maximum absolute atomic E-state index is 4.09. The molecule has 0 nitrogen and oxygen atoms in total. The summed E-state index contributed by atoms with van der Waals surface area (Å²) in [5, 5.41) is 0. The zero-order valence-corrected chi connectivity index (χ0v) is 20.8. The number of hydrogen-bond donors (Lipinski definition) is 0. The predicted molar refractivity (Wildman–Crippen MR) is 141 cm³/mol. The number of fused-ring (bicyclic) bond motifs is 1. The summed E-state index contributed by atoms with van der Waals surface area (Å²) in [6, 6.07) is 14.4. The van der Waals surface area contributed by atoms with E-state index in [1.807, 2.05) is 0 Å². The second-order valence-electron chi connectivity index (χ2n) is 10.6. The highest BCUT2D eigenvalue weighted by atomic mass is 14.3. The summed E-state index contributed by atoms with van der Waals surface area (Å²) in [5.74, 6) is 2.83. The number of allylic oxidation sites excluding steroid dienone is 2. The standard InChI is InChI=1S/C32H42/c1-6-10-25(7-2)29-17-18-30-31(26-15-13-24(14-16-26)19-22(3)4)20-27(21-32(29)30)28-12-9-8-11-23(28)5/h13-18,20-21,23,25,28-29H,3,6-12,19H2,1-2,4-5H3. The van der Waals surface area contributed by atoms with Crippen molar-refractivity contribution in [2.75, 3.05) is 0 Å². The lowest BCUT2D eigenvalue weighted by Crippen LogP contribution is -2.16. The van der Waals surface area contributed by atoms with Gasteiger partial charge >= 0.3 is 0 Å². The van der Waals surface area contributed by atoms with Gasteiger partial charge in [0.15, 0.2) is 0 Å². The summed E-state index contributed by atoms with van der Waals surface area (Å²) in [4.78, 5) is 0. The monoisotopic (exact) mass is 426 g/mol. The SMILES string of the molecule is C=C(C)Cc1ccc(-c2cc(C3CCCCC3C)cc3c2C=CC3C(CC)CCC)cc1. The van der Waals surface area contributed by atoms with Gasteiger partial charge in [-0.3, -0.25) is 0 Å². The van der Waals surface area contributed by atoms with E-state index in [1.54, 1.807) is 11.1 Å². The first kappa shape index (κ1) is 23.1. The zero-order valence-electron chi connectivity index (χ0n) is 20.8. The van der Waals surface area contributed by atoms with Gasteiger partial charge in [0.05, 0.1) is 0 Å². The van der Waals surface area contributed by atoms with Crippen molar-refractivity contribution in [2.24, 2.45) is 11.8 Å². The molecule has 2 aliphatic carbocycles.